The summed E-state index contributed by atoms with van der Waals surface area (Å²) in [6, 6.07) is 6.25. The first-order chi connectivity index (χ1) is 12.3. The fourth-order valence-corrected chi connectivity index (χ4v) is 6.05. The molecule has 5 atom stereocenters. The quantitative estimate of drug-likeness (QED) is 0.868. The molecule has 0 radical (unpaired) electrons. The van der Waals surface area contributed by atoms with E-state index in [4.69, 9.17) is 9.84 Å². The minimum absolute atomic E-state index is 0.0494. The van der Waals surface area contributed by atoms with Gasteiger partial charge in [0, 0.05) is 5.41 Å². The summed E-state index contributed by atoms with van der Waals surface area (Å²) in [6.07, 6.45) is 3.33. The lowest BCUT2D eigenvalue weighted by Crippen LogP contribution is -2.45. The standard InChI is InChI=1S/C21H26O5/c1-20-8-7-15-14-6-4-13(26-2)9-12(14)3-5-16(15)17(20)10-21(25,19(20)24)11-18(22)23/h4,6,9,15-17,25H,3,5,7-8,10-11H2,1-2H3,(H,22,23)/t15-,16-,17+,20+,21+/m1/s1. The topological polar surface area (TPSA) is 83.8 Å². The molecule has 140 valence electrons. The molecule has 5 heteroatoms. The molecule has 0 unspecified atom stereocenters. The second-order valence-corrected chi connectivity index (χ2v) is 8.57. The van der Waals surface area contributed by atoms with Gasteiger partial charge in [0.2, 0.25) is 0 Å². The van der Waals surface area contributed by atoms with Crippen LogP contribution in [0.15, 0.2) is 18.2 Å². The molecule has 0 spiro atoms. The molecule has 2 fully saturated rings. The molecule has 26 heavy (non-hydrogen) atoms. The second-order valence-electron chi connectivity index (χ2n) is 8.57. The number of ether oxygens (including phenoxy) is 1. The average Bonchev–Trinajstić information content (AvgIpc) is 2.81. The number of rotatable bonds is 3. The molecule has 0 amide bonds. The number of methoxy groups -OCH3 is 1. The Hall–Kier alpha value is -1.88. The number of carboxylic acid groups (broad SMARTS) is 1. The number of aryl methyl sites for hydroxylation is 1. The summed E-state index contributed by atoms with van der Waals surface area (Å²) in [5.41, 5.74) is 0.347. The van der Waals surface area contributed by atoms with Crippen molar-refractivity contribution in [2.24, 2.45) is 17.3 Å². The van der Waals surface area contributed by atoms with Gasteiger partial charge in [-0.15, -0.1) is 0 Å². The number of carbonyl (C=O) groups excluding carboxylic acids is 1. The number of benzene rings is 1. The van der Waals surface area contributed by atoms with E-state index in [0.29, 0.717) is 18.3 Å². The van der Waals surface area contributed by atoms with E-state index in [1.165, 1.54) is 11.1 Å². The van der Waals surface area contributed by atoms with Gasteiger partial charge in [-0.3, -0.25) is 9.59 Å². The maximum Gasteiger partial charge on any atom is 0.306 e. The first-order valence-electron chi connectivity index (χ1n) is 9.44. The monoisotopic (exact) mass is 358 g/mol. The highest BCUT2D eigenvalue weighted by atomic mass is 16.5. The van der Waals surface area contributed by atoms with Crippen LogP contribution in [0.4, 0.5) is 0 Å². The number of fused-ring (bicyclic) bond motifs is 5. The van der Waals surface area contributed by atoms with Crippen molar-refractivity contribution in [3.8, 4) is 5.75 Å². The van der Waals surface area contributed by atoms with Gasteiger partial charge in [-0.2, -0.15) is 0 Å². The smallest absolute Gasteiger partial charge is 0.306 e. The van der Waals surface area contributed by atoms with Crippen LogP contribution < -0.4 is 4.74 Å². The Balaban J connectivity index is 1.68. The van der Waals surface area contributed by atoms with Gasteiger partial charge in [0.25, 0.3) is 0 Å². The van der Waals surface area contributed by atoms with Crippen molar-refractivity contribution in [1.29, 1.82) is 0 Å². The Bertz CT molecular complexity index is 772. The maximum atomic E-state index is 13.0. The van der Waals surface area contributed by atoms with Gasteiger partial charge in [0.1, 0.15) is 11.4 Å². The summed E-state index contributed by atoms with van der Waals surface area (Å²) >= 11 is 0. The van der Waals surface area contributed by atoms with Crippen LogP contribution in [0.5, 0.6) is 5.75 Å². The first kappa shape index (κ1) is 17.5. The molecular formula is C21H26O5. The number of carbonyl (C=O) groups is 2. The summed E-state index contributed by atoms with van der Waals surface area (Å²) in [7, 11) is 1.67. The average molecular weight is 358 g/mol. The number of hydrogen-bond acceptors (Lipinski definition) is 4. The van der Waals surface area contributed by atoms with Crippen molar-refractivity contribution in [3.63, 3.8) is 0 Å². The van der Waals surface area contributed by atoms with E-state index in [1.54, 1.807) is 7.11 Å². The fraction of sp³-hybridized carbons (Fsp3) is 0.619. The van der Waals surface area contributed by atoms with E-state index >= 15 is 0 Å². The number of ketones is 1. The predicted octanol–water partition coefficient (Wildman–Crippen LogP) is 2.94. The maximum absolute atomic E-state index is 13.0. The highest BCUT2D eigenvalue weighted by molar-refractivity contribution is 5.97. The van der Waals surface area contributed by atoms with Crippen LogP contribution in [0.25, 0.3) is 0 Å². The van der Waals surface area contributed by atoms with E-state index in [0.717, 1.165) is 25.0 Å². The zero-order valence-electron chi connectivity index (χ0n) is 15.3. The van der Waals surface area contributed by atoms with E-state index in [2.05, 4.69) is 12.1 Å². The zero-order chi connectivity index (χ0) is 18.7. The van der Waals surface area contributed by atoms with Gasteiger partial charge >= 0.3 is 5.97 Å². The van der Waals surface area contributed by atoms with Gasteiger partial charge in [-0.05, 0) is 73.1 Å². The van der Waals surface area contributed by atoms with Crippen molar-refractivity contribution >= 4 is 11.8 Å². The summed E-state index contributed by atoms with van der Waals surface area (Å²) in [6.45, 7) is 1.94. The van der Waals surface area contributed by atoms with E-state index in [-0.39, 0.29) is 18.1 Å². The molecule has 2 N–H and O–H groups in total. The van der Waals surface area contributed by atoms with Crippen LogP contribution >= 0.6 is 0 Å². The summed E-state index contributed by atoms with van der Waals surface area (Å²) < 4.78 is 5.35. The normalized spacial score (nSPS) is 38.3. The third kappa shape index (κ3) is 2.40. The van der Waals surface area contributed by atoms with Crippen LogP contribution in [-0.4, -0.2) is 34.7 Å². The molecule has 0 heterocycles. The van der Waals surface area contributed by atoms with Crippen LogP contribution in [0.1, 0.15) is 56.1 Å². The third-order valence-corrected chi connectivity index (χ3v) is 7.27. The van der Waals surface area contributed by atoms with Gasteiger partial charge in [0.05, 0.1) is 13.5 Å². The zero-order valence-corrected chi connectivity index (χ0v) is 15.3. The molecule has 0 aromatic heterocycles. The minimum atomic E-state index is -1.71. The molecular weight excluding hydrogens is 332 g/mol. The van der Waals surface area contributed by atoms with Gasteiger partial charge < -0.3 is 14.9 Å². The third-order valence-electron chi connectivity index (χ3n) is 7.27. The Morgan fingerprint density at radius 1 is 1.35 bits per heavy atom. The lowest BCUT2D eigenvalue weighted by Gasteiger charge is -2.48. The Morgan fingerprint density at radius 3 is 2.81 bits per heavy atom. The Kier molecular flexibility index (Phi) is 3.92. The van der Waals surface area contributed by atoms with Gasteiger partial charge in [0.15, 0.2) is 5.78 Å². The Labute approximate surface area is 153 Å². The molecule has 2 saturated carbocycles. The minimum Gasteiger partial charge on any atom is -0.497 e. The van der Waals surface area contributed by atoms with Crippen LogP contribution in [0.2, 0.25) is 0 Å². The van der Waals surface area contributed by atoms with Crippen LogP contribution in [0, 0.1) is 17.3 Å². The molecule has 0 bridgehead atoms. The number of carboxylic acids is 1. The summed E-state index contributed by atoms with van der Waals surface area (Å²) in [4.78, 5) is 24.2. The van der Waals surface area contributed by atoms with E-state index < -0.39 is 23.4 Å². The molecule has 4 rings (SSSR count). The lowest BCUT2D eigenvalue weighted by atomic mass is 9.55. The highest BCUT2D eigenvalue weighted by Gasteiger charge is 2.64. The SMILES string of the molecule is COc1ccc2c(c1)CC[C@@H]1[C@@H]2CC[C@]2(C)C(=O)[C@@](O)(CC(=O)O)C[C@@H]12. The summed E-state index contributed by atoms with van der Waals surface area (Å²) in [5, 5.41) is 20.0. The highest BCUT2D eigenvalue weighted by Crippen LogP contribution is 2.62. The van der Waals surface area contributed by atoms with Crippen LogP contribution in [-0.2, 0) is 16.0 Å². The number of aliphatic hydroxyl groups is 1. The first-order valence-corrected chi connectivity index (χ1v) is 9.44. The van der Waals surface area contributed by atoms with Crippen molar-refractivity contribution in [3.05, 3.63) is 29.3 Å². The van der Waals surface area contributed by atoms with E-state index in [9.17, 15) is 14.7 Å². The van der Waals surface area contributed by atoms with Gasteiger partial charge in [-0.1, -0.05) is 13.0 Å². The predicted molar refractivity (Wildman–Crippen MR) is 95.2 cm³/mol. The molecule has 3 aliphatic rings. The Morgan fingerprint density at radius 2 is 2.12 bits per heavy atom. The van der Waals surface area contributed by atoms with Crippen molar-refractivity contribution in [2.75, 3.05) is 7.11 Å². The summed E-state index contributed by atoms with van der Waals surface area (Å²) in [5.74, 6) is 0.254. The van der Waals surface area contributed by atoms with Crippen molar-refractivity contribution in [2.45, 2.75) is 57.0 Å². The molecule has 0 saturated heterocycles. The lowest BCUT2D eigenvalue weighted by molar-refractivity contribution is -0.152. The molecule has 1 aromatic rings. The van der Waals surface area contributed by atoms with Crippen LogP contribution in [0.3, 0.4) is 0 Å². The molecule has 5 nitrogen and oxygen atoms in total. The van der Waals surface area contributed by atoms with Crippen molar-refractivity contribution in [1.82, 2.24) is 0 Å². The second kappa shape index (κ2) is 5.81. The van der Waals surface area contributed by atoms with Crippen molar-refractivity contribution < 1.29 is 24.5 Å². The van der Waals surface area contributed by atoms with E-state index in [1.807, 2.05) is 13.0 Å². The number of hydrogen-bond donors (Lipinski definition) is 2. The molecule has 3 aliphatic carbocycles. The van der Waals surface area contributed by atoms with Gasteiger partial charge in [-0.25, -0.2) is 0 Å². The number of Topliss-reactive ketones (excluding diaryl/α,β-unsaturated/α-hetero) is 1. The molecule has 1 aromatic carbocycles. The fourth-order valence-electron chi connectivity index (χ4n) is 6.05. The number of aliphatic carboxylic acids is 1. The molecule has 0 aliphatic heterocycles. The largest absolute Gasteiger partial charge is 0.497 e.